The Morgan fingerprint density at radius 2 is 2.43 bits per heavy atom. The molecule has 0 aliphatic heterocycles. The molecule has 78 valence electrons. The van der Waals surface area contributed by atoms with Gasteiger partial charge in [0.25, 0.3) is 0 Å². The molecule has 0 amide bonds. The summed E-state index contributed by atoms with van der Waals surface area (Å²) >= 11 is 0. The molecule has 0 spiro atoms. The van der Waals surface area contributed by atoms with E-state index < -0.39 is 0 Å². The second-order valence-corrected chi connectivity index (χ2v) is 2.89. The summed E-state index contributed by atoms with van der Waals surface area (Å²) in [5.74, 6) is 7.11. The van der Waals surface area contributed by atoms with Gasteiger partial charge >= 0.3 is 0 Å². The lowest BCUT2D eigenvalue weighted by atomic mass is 10.3. The van der Waals surface area contributed by atoms with E-state index in [1.165, 1.54) is 0 Å². The van der Waals surface area contributed by atoms with Crippen molar-refractivity contribution in [1.29, 1.82) is 0 Å². The van der Waals surface area contributed by atoms with Crippen molar-refractivity contribution in [2.75, 3.05) is 7.05 Å². The summed E-state index contributed by atoms with van der Waals surface area (Å²) in [7, 11) is 1.63. The first-order valence-corrected chi connectivity index (χ1v) is 4.29. The van der Waals surface area contributed by atoms with Crippen molar-refractivity contribution in [3.8, 4) is 0 Å². The van der Waals surface area contributed by atoms with Crippen LogP contribution in [0.3, 0.4) is 0 Å². The van der Waals surface area contributed by atoms with Gasteiger partial charge < -0.3 is 9.73 Å². The first-order chi connectivity index (χ1) is 6.67. The molecule has 14 heavy (non-hydrogen) atoms. The van der Waals surface area contributed by atoms with Crippen LogP contribution in [0.2, 0.25) is 0 Å². The molecule has 1 unspecified atom stereocenters. The molecule has 0 saturated heterocycles. The Kier molecular flexibility index (Phi) is 3.47. The minimum Gasteiger partial charge on any atom is -0.444 e. The maximum absolute atomic E-state index is 5.34. The van der Waals surface area contributed by atoms with Crippen LogP contribution in [-0.4, -0.2) is 18.0 Å². The van der Waals surface area contributed by atoms with Crippen molar-refractivity contribution in [3.05, 3.63) is 17.8 Å². The molecule has 1 heterocycles. The zero-order valence-electron chi connectivity index (χ0n) is 8.53. The number of hydrazine groups is 1. The molecule has 0 aliphatic carbocycles. The van der Waals surface area contributed by atoms with Crippen molar-refractivity contribution in [1.82, 2.24) is 15.7 Å². The van der Waals surface area contributed by atoms with Crippen LogP contribution in [0.15, 0.2) is 15.6 Å². The maximum Gasteiger partial charge on any atom is 0.216 e. The van der Waals surface area contributed by atoms with Crippen LogP contribution in [0.5, 0.6) is 0 Å². The molecule has 1 atom stereocenters. The molecule has 1 aromatic heterocycles. The molecule has 1 rings (SSSR count). The number of aromatic nitrogens is 1. The molecule has 0 saturated carbocycles. The lowest BCUT2D eigenvalue weighted by molar-refractivity contribution is 0.427. The summed E-state index contributed by atoms with van der Waals surface area (Å²) in [6, 6.07) is -0.0709. The SMILES string of the molecule is CN=C(NN)NC(C)c1ncc(C)o1. The third-order valence-electron chi connectivity index (χ3n) is 1.72. The fourth-order valence-corrected chi connectivity index (χ4v) is 1.01. The molecule has 4 N–H and O–H groups in total. The Balaban J connectivity index is 2.62. The lowest BCUT2D eigenvalue weighted by Gasteiger charge is -2.12. The predicted octanol–water partition coefficient (Wildman–Crippen LogP) is 0.0827. The minimum atomic E-state index is -0.0709. The molecule has 1 aromatic rings. The van der Waals surface area contributed by atoms with Gasteiger partial charge in [-0.15, -0.1) is 0 Å². The molecule has 0 radical (unpaired) electrons. The number of oxazole rings is 1. The van der Waals surface area contributed by atoms with E-state index in [-0.39, 0.29) is 6.04 Å². The van der Waals surface area contributed by atoms with Crippen LogP contribution in [0.25, 0.3) is 0 Å². The molecule has 6 heteroatoms. The second-order valence-electron chi connectivity index (χ2n) is 2.89. The van der Waals surface area contributed by atoms with Gasteiger partial charge in [-0.1, -0.05) is 0 Å². The van der Waals surface area contributed by atoms with Gasteiger partial charge in [0.1, 0.15) is 11.8 Å². The Labute approximate surface area is 82.6 Å². The highest BCUT2D eigenvalue weighted by molar-refractivity contribution is 5.79. The monoisotopic (exact) mass is 197 g/mol. The Morgan fingerprint density at radius 1 is 1.71 bits per heavy atom. The summed E-state index contributed by atoms with van der Waals surface area (Å²) in [6.07, 6.45) is 1.67. The van der Waals surface area contributed by atoms with Crippen LogP contribution in [0, 0.1) is 6.92 Å². The number of nitrogens with one attached hydrogen (secondary N) is 2. The number of aliphatic imine (C=N–C) groups is 1. The molecular weight excluding hydrogens is 182 g/mol. The summed E-state index contributed by atoms with van der Waals surface area (Å²) in [4.78, 5) is 7.96. The van der Waals surface area contributed by atoms with E-state index >= 15 is 0 Å². The molecule has 0 fully saturated rings. The van der Waals surface area contributed by atoms with E-state index in [4.69, 9.17) is 10.3 Å². The van der Waals surface area contributed by atoms with E-state index in [1.807, 2.05) is 13.8 Å². The van der Waals surface area contributed by atoms with Gasteiger partial charge in [0.2, 0.25) is 11.9 Å². The molecule has 0 bridgehead atoms. The quantitative estimate of drug-likeness (QED) is 0.270. The van der Waals surface area contributed by atoms with Crippen molar-refractivity contribution in [2.24, 2.45) is 10.8 Å². The summed E-state index contributed by atoms with van der Waals surface area (Å²) < 4.78 is 5.34. The van der Waals surface area contributed by atoms with E-state index in [1.54, 1.807) is 13.2 Å². The normalized spacial score (nSPS) is 13.9. The van der Waals surface area contributed by atoms with Crippen molar-refractivity contribution in [2.45, 2.75) is 19.9 Å². The second kappa shape index (κ2) is 4.61. The number of aryl methyl sites for hydroxylation is 1. The van der Waals surface area contributed by atoms with Crippen molar-refractivity contribution < 1.29 is 4.42 Å². The fourth-order valence-electron chi connectivity index (χ4n) is 1.01. The predicted molar refractivity (Wildman–Crippen MR) is 53.5 cm³/mol. The molecular formula is C8H15N5O. The summed E-state index contributed by atoms with van der Waals surface area (Å²) in [6.45, 7) is 3.76. The van der Waals surface area contributed by atoms with Gasteiger partial charge in [0.15, 0.2) is 0 Å². The zero-order chi connectivity index (χ0) is 10.6. The number of nitrogens with zero attached hydrogens (tertiary/aromatic N) is 2. The average molecular weight is 197 g/mol. The zero-order valence-corrected chi connectivity index (χ0v) is 8.53. The standard InChI is InChI=1S/C8H15N5O/c1-5-4-11-7(14-5)6(2)12-8(10-3)13-9/h4,6H,9H2,1-3H3,(H2,10,12,13). The van der Waals surface area contributed by atoms with Crippen LogP contribution in [-0.2, 0) is 0 Å². The molecule has 6 nitrogen and oxygen atoms in total. The first kappa shape index (κ1) is 10.5. The van der Waals surface area contributed by atoms with Gasteiger partial charge in [-0.2, -0.15) is 0 Å². The topological polar surface area (TPSA) is 88.5 Å². The number of rotatable bonds is 2. The third-order valence-corrected chi connectivity index (χ3v) is 1.72. The number of hydrogen-bond acceptors (Lipinski definition) is 4. The third kappa shape index (κ3) is 2.46. The fraction of sp³-hybridized carbons (Fsp3) is 0.500. The van der Waals surface area contributed by atoms with Gasteiger partial charge in [-0.05, 0) is 13.8 Å². The Hall–Kier alpha value is -1.56. The highest BCUT2D eigenvalue weighted by Crippen LogP contribution is 2.11. The smallest absolute Gasteiger partial charge is 0.216 e. The van der Waals surface area contributed by atoms with Crippen LogP contribution in [0.1, 0.15) is 24.6 Å². The van der Waals surface area contributed by atoms with Crippen LogP contribution in [0.4, 0.5) is 0 Å². The van der Waals surface area contributed by atoms with Crippen molar-refractivity contribution in [3.63, 3.8) is 0 Å². The Morgan fingerprint density at radius 3 is 2.86 bits per heavy atom. The number of nitrogens with two attached hydrogens (primary N) is 1. The average Bonchev–Trinajstić information content (AvgIpc) is 2.61. The molecule has 0 aromatic carbocycles. The largest absolute Gasteiger partial charge is 0.444 e. The van der Waals surface area contributed by atoms with Gasteiger partial charge in [0.05, 0.1) is 6.20 Å². The van der Waals surface area contributed by atoms with E-state index in [2.05, 4.69) is 20.7 Å². The highest BCUT2D eigenvalue weighted by atomic mass is 16.4. The Bertz CT molecular complexity index is 319. The lowest BCUT2D eigenvalue weighted by Crippen LogP contribution is -2.42. The van der Waals surface area contributed by atoms with Gasteiger partial charge in [0, 0.05) is 7.05 Å². The highest BCUT2D eigenvalue weighted by Gasteiger charge is 2.11. The van der Waals surface area contributed by atoms with Gasteiger partial charge in [-0.3, -0.25) is 10.4 Å². The van der Waals surface area contributed by atoms with E-state index in [0.717, 1.165) is 5.76 Å². The molecule has 0 aliphatic rings. The number of guanidine groups is 1. The minimum absolute atomic E-state index is 0.0709. The number of hydrogen-bond donors (Lipinski definition) is 3. The van der Waals surface area contributed by atoms with Gasteiger partial charge in [-0.25, -0.2) is 10.8 Å². The van der Waals surface area contributed by atoms with E-state index in [0.29, 0.717) is 11.9 Å². The van der Waals surface area contributed by atoms with Crippen LogP contribution < -0.4 is 16.6 Å². The van der Waals surface area contributed by atoms with Crippen LogP contribution >= 0.6 is 0 Å². The van der Waals surface area contributed by atoms with Crippen molar-refractivity contribution >= 4 is 5.96 Å². The first-order valence-electron chi connectivity index (χ1n) is 4.29. The summed E-state index contributed by atoms with van der Waals surface area (Å²) in [5, 5.41) is 3.00. The maximum atomic E-state index is 5.34. The summed E-state index contributed by atoms with van der Waals surface area (Å²) in [5.41, 5.74) is 2.43. The van der Waals surface area contributed by atoms with E-state index in [9.17, 15) is 0 Å².